The van der Waals surface area contributed by atoms with E-state index in [4.69, 9.17) is 22.3 Å². The van der Waals surface area contributed by atoms with Crippen molar-refractivity contribution in [2.24, 2.45) is 5.73 Å². The van der Waals surface area contributed by atoms with E-state index >= 15 is 0 Å². The Labute approximate surface area is 199 Å². The van der Waals surface area contributed by atoms with Crippen molar-refractivity contribution in [1.82, 2.24) is 19.9 Å². The molecule has 4 aromatic rings. The molecule has 1 fully saturated rings. The lowest BCUT2D eigenvalue weighted by molar-refractivity contribution is 0.0924. The van der Waals surface area contributed by atoms with Crippen molar-refractivity contribution in [3.05, 3.63) is 69.5 Å². The van der Waals surface area contributed by atoms with Gasteiger partial charge in [0.1, 0.15) is 5.69 Å². The number of primary amides is 1. The van der Waals surface area contributed by atoms with E-state index < -0.39 is 5.91 Å². The van der Waals surface area contributed by atoms with E-state index in [1.807, 2.05) is 24.3 Å². The van der Waals surface area contributed by atoms with Gasteiger partial charge in [-0.3, -0.25) is 14.6 Å². The Morgan fingerprint density at radius 2 is 2.03 bits per heavy atom. The number of benzene rings is 1. The van der Waals surface area contributed by atoms with Gasteiger partial charge >= 0.3 is 0 Å². The van der Waals surface area contributed by atoms with Gasteiger partial charge in [-0.05, 0) is 68.1 Å². The van der Waals surface area contributed by atoms with Gasteiger partial charge in [-0.25, -0.2) is 4.98 Å². The van der Waals surface area contributed by atoms with Crippen molar-refractivity contribution >= 4 is 45.8 Å². The standard InChI is InChI=1S/C24H22ClN5O2S/c25-21-10-9-20(33-21)24(32)28-15-4-3-5-16(13-15)30-19-8-7-14(22(26)31)12-18(19)29-23(30)17-6-1-2-11-27-17/h1-2,6-12,15-16H,3-5,13H2,(H2,26,31)(H,28,32)/t15-,16+/m1/s1. The number of imidazole rings is 1. The summed E-state index contributed by atoms with van der Waals surface area (Å²) < 4.78 is 2.80. The SMILES string of the molecule is NC(=O)c1ccc2c(c1)nc(-c1ccccn1)n2[C@H]1CCC[C@@H](NC(=O)c2ccc(Cl)s2)C1. The Balaban J connectivity index is 1.49. The van der Waals surface area contributed by atoms with Crippen LogP contribution in [-0.2, 0) is 0 Å². The van der Waals surface area contributed by atoms with E-state index in [2.05, 4.69) is 14.9 Å². The van der Waals surface area contributed by atoms with Crippen LogP contribution in [0.5, 0.6) is 0 Å². The van der Waals surface area contributed by atoms with Gasteiger partial charge in [0.2, 0.25) is 5.91 Å². The topological polar surface area (TPSA) is 103 Å². The fourth-order valence-corrected chi connectivity index (χ4v) is 5.47. The molecule has 1 aromatic carbocycles. The first-order valence-corrected chi connectivity index (χ1v) is 12.0. The molecule has 0 bridgehead atoms. The molecule has 0 spiro atoms. The molecular formula is C24H22ClN5O2S. The van der Waals surface area contributed by atoms with E-state index in [0.717, 1.165) is 42.7 Å². The van der Waals surface area contributed by atoms with E-state index in [-0.39, 0.29) is 18.0 Å². The molecule has 33 heavy (non-hydrogen) atoms. The summed E-state index contributed by atoms with van der Waals surface area (Å²) in [5.74, 6) is 0.165. The van der Waals surface area contributed by atoms with Gasteiger partial charge in [0.05, 0.1) is 20.2 Å². The quantitative estimate of drug-likeness (QED) is 0.428. The summed E-state index contributed by atoms with van der Waals surface area (Å²) in [6.45, 7) is 0. The largest absolute Gasteiger partial charge is 0.366 e. The summed E-state index contributed by atoms with van der Waals surface area (Å²) >= 11 is 7.27. The molecule has 0 saturated heterocycles. The van der Waals surface area contributed by atoms with Gasteiger partial charge in [-0.15, -0.1) is 11.3 Å². The van der Waals surface area contributed by atoms with Crippen LogP contribution in [0.15, 0.2) is 54.7 Å². The van der Waals surface area contributed by atoms with E-state index in [9.17, 15) is 9.59 Å². The minimum absolute atomic E-state index is 0.0380. The number of hydrogen-bond donors (Lipinski definition) is 2. The predicted molar refractivity (Wildman–Crippen MR) is 130 cm³/mol. The highest BCUT2D eigenvalue weighted by molar-refractivity contribution is 7.18. The number of carbonyl (C=O) groups is 2. The third-order valence-corrected chi connectivity index (χ3v) is 7.24. The van der Waals surface area contributed by atoms with Crippen molar-refractivity contribution < 1.29 is 9.59 Å². The van der Waals surface area contributed by atoms with Crippen LogP contribution >= 0.6 is 22.9 Å². The molecule has 1 aliphatic rings. The van der Waals surface area contributed by atoms with Crippen molar-refractivity contribution in [2.45, 2.75) is 37.8 Å². The number of carbonyl (C=O) groups excluding carboxylic acids is 2. The number of halogens is 1. The van der Waals surface area contributed by atoms with Gasteiger partial charge in [0.15, 0.2) is 5.82 Å². The maximum absolute atomic E-state index is 12.7. The third kappa shape index (κ3) is 4.36. The molecule has 5 rings (SSSR count). The lowest BCUT2D eigenvalue weighted by Crippen LogP contribution is -2.38. The fraction of sp³-hybridized carbons (Fsp3) is 0.250. The molecule has 1 saturated carbocycles. The average Bonchev–Trinajstić information content (AvgIpc) is 3.43. The first-order valence-electron chi connectivity index (χ1n) is 10.8. The molecule has 3 N–H and O–H groups in total. The van der Waals surface area contributed by atoms with Crippen LogP contribution in [0.3, 0.4) is 0 Å². The van der Waals surface area contributed by atoms with Crippen molar-refractivity contribution in [1.29, 1.82) is 0 Å². The molecule has 3 aromatic heterocycles. The number of hydrogen-bond acceptors (Lipinski definition) is 5. The summed E-state index contributed by atoms with van der Waals surface area (Å²) in [5.41, 5.74) is 8.28. The third-order valence-electron chi connectivity index (χ3n) is 6.01. The normalized spacial score (nSPS) is 18.3. The lowest BCUT2D eigenvalue weighted by atomic mass is 9.90. The van der Waals surface area contributed by atoms with Crippen molar-refractivity contribution in [3.8, 4) is 11.5 Å². The molecule has 0 unspecified atom stereocenters. The summed E-state index contributed by atoms with van der Waals surface area (Å²) in [5, 5.41) is 3.17. The van der Waals surface area contributed by atoms with Gasteiger partial charge in [-0.1, -0.05) is 17.7 Å². The van der Waals surface area contributed by atoms with Crippen molar-refractivity contribution in [3.63, 3.8) is 0 Å². The minimum Gasteiger partial charge on any atom is -0.366 e. The highest BCUT2D eigenvalue weighted by Crippen LogP contribution is 2.36. The molecule has 1 aliphatic carbocycles. The van der Waals surface area contributed by atoms with Crippen LogP contribution < -0.4 is 11.1 Å². The number of fused-ring (bicyclic) bond motifs is 1. The number of nitrogens with zero attached hydrogens (tertiary/aromatic N) is 3. The number of pyridine rings is 1. The number of rotatable bonds is 5. The zero-order valence-electron chi connectivity index (χ0n) is 17.7. The summed E-state index contributed by atoms with van der Waals surface area (Å²) in [7, 11) is 0. The maximum atomic E-state index is 12.7. The number of amides is 2. The summed E-state index contributed by atoms with van der Waals surface area (Å²) in [4.78, 5) is 34.3. The van der Waals surface area contributed by atoms with Gasteiger partial charge in [-0.2, -0.15) is 0 Å². The zero-order chi connectivity index (χ0) is 22.9. The Kier molecular flexibility index (Phi) is 5.86. The Hall–Kier alpha value is -3.23. The average molecular weight is 480 g/mol. The monoisotopic (exact) mass is 479 g/mol. The number of nitrogens with two attached hydrogens (primary N) is 1. The zero-order valence-corrected chi connectivity index (χ0v) is 19.3. The second kappa shape index (κ2) is 8.96. The molecule has 168 valence electrons. The molecule has 0 radical (unpaired) electrons. The second-order valence-electron chi connectivity index (χ2n) is 8.18. The van der Waals surface area contributed by atoms with Crippen LogP contribution in [-0.4, -0.2) is 32.4 Å². The number of nitrogens with one attached hydrogen (secondary N) is 1. The fourth-order valence-electron chi connectivity index (χ4n) is 4.52. The smallest absolute Gasteiger partial charge is 0.261 e. The van der Waals surface area contributed by atoms with Crippen LogP contribution in [0.1, 0.15) is 51.8 Å². The molecule has 2 amide bonds. The Morgan fingerprint density at radius 3 is 2.76 bits per heavy atom. The first-order chi connectivity index (χ1) is 16.0. The highest BCUT2D eigenvalue weighted by Gasteiger charge is 2.29. The second-order valence-corrected chi connectivity index (χ2v) is 9.90. The van der Waals surface area contributed by atoms with Crippen molar-refractivity contribution in [2.75, 3.05) is 0 Å². The number of aromatic nitrogens is 3. The minimum atomic E-state index is -0.486. The van der Waals surface area contributed by atoms with Gasteiger partial charge < -0.3 is 15.6 Å². The van der Waals surface area contributed by atoms with Gasteiger partial charge in [0.25, 0.3) is 5.91 Å². The molecule has 9 heteroatoms. The number of thiophene rings is 1. The Bertz CT molecular complexity index is 1330. The molecule has 7 nitrogen and oxygen atoms in total. The predicted octanol–water partition coefficient (Wildman–Crippen LogP) is 4.83. The first kappa shape index (κ1) is 21.6. The van der Waals surface area contributed by atoms with E-state index in [0.29, 0.717) is 20.3 Å². The van der Waals surface area contributed by atoms with E-state index in [1.54, 1.807) is 30.5 Å². The molecule has 3 heterocycles. The molecule has 2 atom stereocenters. The molecular weight excluding hydrogens is 458 g/mol. The van der Waals surface area contributed by atoms with Crippen LogP contribution in [0, 0.1) is 0 Å². The van der Waals surface area contributed by atoms with Crippen LogP contribution in [0.2, 0.25) is 4.34 Å². The summed E-state index contributed by atoms with van der Waals surface area (Å²) in [6.07, 6.45) is 5.36. The maximum Gasteiger partial charge on any atom is 0.261 e. The molecule has 0 aliphatic heterocycles. The van der Waals surface area contributed by atoms with E-state index in [1.165, 1.54) is 11.3 Å². The van der Waals surface area contributed by atoms with Crippen LogP contribution in [0.25, 0.3) is 22.6 Å². The lowest BCUT2D eigenvalue weighted by Gasteiger charge is -2.31. The summed E-state index contributed by atoms with van der Waals surface area (Å²) in [6, 6.07) is 14.7. The Morgan fingerprint density at radius 1 is 1.15 bits per heavy atom. The van der Waals surface area contributed by atoms with Gasteiger partial charge in [0, 0.05) is 23.8 Å². The highest BCUT2D eigenvalue weighted by atomic mass is 35.5. The van der Waals surface area contributed by atoms with Crippen LogP contribution in [0.4, 0.5) is 0 Å².